The lowest BCUT2D eigenvalue weighted by molar-refractivity contribution is 0.401. The Labute approximate surface area is 152 Å². The van der Waals surface area contributed by atoms with Crippen molar-refractivity contribution in [3.63, 3.8) is 0 Å². The fourth-order valence-electron chi connectivity index (χ4n) is 2.48. The van der Waals surface area contributed by atoms with Crippen LogP contribution in [0.1, 0.15) is 36.1 Å². The summed E-state index contributed by atoms with van der Waals surface area (Å²) in [4.78, 5) is 0.127. The zero-order valence-electron chi connectivity index (χ0n) is 14.3. The lowest BCUT2D eigenvalue weighted by Gasteiger charge is -2.19. The van der Waals surface area contributed by atoms with E-state index in [1.807, 2.05) is 39.0 Å². The van der Waals surface area contributed by atoms with Gasteiger partial charge in [0.2, 0.25) is 10.0 Å². The molecule has 0 aromatic heterocycles. The molecular formula is C18H22BrNO3S. The Morgan fingerprint density at radius 1 is 1.12 bits per heavy atom. The van der Waals surface area contributed by atoms with Crippen LogP contribution >= 0.6 is 15.9 Å². The van der Waals surface area contributed by atoms with Crippen LogP contribution < -0.4 is 9.46 Å². The molecule has 0 radical (unpaired) electrons. The third kappa shape index (κ3) is 4.18. The lowest BCUT2D eigenvalue weighted by Crippen LogP contribution is -2.28. The maximum Gasteiger partial charge on any atom is 0.244 e. The summed E-state index contributed by atoms with van der Waals surface area (Å²) in [7, 11) is -2.25. The lowest BCUT2D eigenvalue weighted by atomic mass is 10.0. The second kappa shape index (κ2) is 7.68. The minimum atomic E-state index is -3.71. The van der Waals surface area contributed by atoms with Gasteiger partial charge in [-0.1, -0.05) is 41.1 Å². The van der Waals surface area contributed by atoms with E-state index in [9.17, 15) is 8.42 Å². The van der Waals surface area contributed by atoms with Crippen LogP contribution in [0.3, 0.4) is 0 Å². The zero-order chi connectivity index (χ0) is 17.9. The van der Waals surface area contributed by atoms with E-state index in [1.165, 1.54) is 12.7 Å². The summed E-state index contributed by atoms with van der Waals surface area (Å²) in [5.41, 5.74) is 3.29. The van der Waals surface area contributed by atoms with Crippen LogP contribution in [0.2, 0.25) is 0 Å². The number of nitrogens with one attached hydrogen (secondary N) is 1. The number of ether oxygens (including phenoxy) is 1. The number of hydrogen-bond acceptors (Lipinski definition) is 3. The van der Waals surface area contributed by atoms with Crippen molar-refractivity contribution in [3.05, 3.63) is 57.6 Å². The maximum atomic E-state index is 12.8. The second-order valence-corrected chi connectivity index (χ2v) is 8.32. The van der Waals surface area contributed by atoms with Crippen LogP contribution in [0.25, 0.3) is 0 Å². The van der Waals surface area contributed by atoms with Gasteiger partial charge < -0.3 is 4.74 Å². The Morgan fingerprint density at radius 3 is 2.42 bits per heavy atom. The summed E-state index contributed by atoms with van der Waals surface area (Å²) < 4.78 is 34.4. The maximum absolute atomic E-state index is 12.8. The molecule has 0 saturated carbocycles. The smallest absolute Gasteiger partial charge is 0.244 e. The first kappa shape index (κ1) is 19.0. The molecule has 0 aliphatic carbocycles. The average Bonchev–Trinajstić information content (AvgIpc) is 2.55. The Balaban J connectivity index is 2.39. The van der Waals surface area contributed by atoms with Crippen molar-refractivity contribution in [2.24, 2.45) is 0 Å². The van der Waals surface area contributed by atoms with Gasteiger partial charge in [0, 0.05) is 10.5 Å². The van der Waals surface area contributed by atoms with Gasteiger partial charge in [-0.3, -0.25) is 0 Å². The Morgan fingerprint density at radius 2 is 1.83 bits per heavy atom. The molecule has 0 bridgehead atoms. The predicted molar refractivity (Wildman–Crippen MR) is 100.0 cm³/mol. The van der Waals surface area contributed by atoms with Gasteiger partial charge in [-0.05, 0) is 55.2 Å². The predicted octanol–water partition coefficient (Wildman–Crippen LogP) is 4.50. The highest BCUT2D eigenvalue weighted by Gasteiger charge is 2.24. The van der Waals surface area contributed by atoms with E-state index < -0.39 is 10.0 Å². The van der Waals surface area contributed by atoms with Crippen LogP contribution in [0.15, 0.2) is 45.8 Å². The highest BCUT2D eigenvalue weighted by Crippen LogP contribution is 2.29. The molecule has 4 nitrogen and oxygen atoms in total. The van der Waals surface area contributed by atoms with Crippen LogP contribution in [-0.2, 0) is 10.0 Å². The van der Waals surface area contributed by atoms with Gasteiger partial charge in [0.25, 0.3) is 0 Å². The van der Waals surface area contributed by atoms with Crippen molar-refractivity contribution in [3.8, 4) is 5.75 Å². The number of methoxy groups -OCH3 is 1. The molecule has 0 amide bonds. The quantitative estimate of drug-likeness (QED) is 0.760. The molecule has 2 aromatic carbocycles. The summed E-state index contributed by atoms with van der Waals surface area (Å²) in [6.07, 6.45) is 0.651. The molecule has 0 saturated heterocycles. The molecule has 0 aliphatic heterocycles. The molecule has 2 aromatic rings. The molecule has 0 aliphatic rings. The summed E-state index contributed by atoms with van der Waals surface area (Å²) in [5, 5.41) is 0. The molecule has 2 rings (SSSR count). The van der Waals surface area contributed by atoms with Gasteiger partial charge in [0.05, 0.1) is 7.11 Å². The van der Waals surface area contributed by atoms with E-state index in [0.717, 1.165) is 11.1 Å². The van der Waals surface area contributed by atoms with Gasteiger partial charge in [0.1, 0.15) is 10.6 Å². The molecule has 1 unspecified atom stereocenters. The minimum Gasteiger partial charge on any atom is -0.495 e. The van der Waals surface area contributed by atoms with Crippen molar-refractivity contribution < 1.29 is 13.2 Å². The van der Waals surface area contributed by atoms with E-state index in [1.54, 1.807) is 18.2 Å². The van der Waals surface area contributed by atoms with Crippen molar-refractivity contribution in [1.82, 2.24) is 4.72 Å². The monoisotopic (exact) mass is 411 g/mol. The largest absolute Gasteiger partial charge is 0.495 e. The first-order valence-corrected chi connectivity index (χ1v) is 9.99. The number of aryl methyl sites for hydroxylation is 2. The normalized spacial score (nSPS) is 12.9. The molecule has 1 atom stereocenters. The Bertz CT molecular complexity index is 834. The zero-order valence-corrected chi connectivity index (χ0v) is 16.7. The van der Waals surface area contributed by atoms with Gasteiger partial charge in [-0.15, -0.1) is 0 Å². The standard InChI is InChI=1S/C18H22BrNO3S/c1-5-16(14-7-6-12(2)13(3)10-14)20-24(21,22)18-11-15(19)8-9-17(18)23-4/h6-11,16,20H,5H2,1-4H3. The number of sulfonamides is 1. The van der Waals surface area contributed by atoms with Crippen LogP contribution in [0, 0.1) is 13.8 Å². The van der Waals surface area contributed by atoms with Crippen molar-refractivity contribution in [1.29, 1.82) is 0 Å². The van der Waals surface area contributed by atoms with Gasteiger partial charge in [0.15, 0.2) is 0 Å². The van der Waals surface area contributed by atoms with E-state index >= 15 is 0 Å². The van der Waals surface area contributed by atoms with Crippen molar-refractivity contribution in [2.75, 3.05) is 7.11 Å². The summed E-state index contributed by atoms with van der Waals surface area (Å²) in [6.45, 7) is 6.02. The van der Waals surface area contributed by atoms with Gasteiger partial charge in [-0.25, -0.2) is 13.1 Å². The fourth-order valence-corrected chi connectivity index (χ4v) is 4.50. The molecule has 1 N–H and O–H groups in total. The Hall–Kier alpha value is -1.37. The summed E-state index contributed by atoms with van der Waals surface area (Å²) in [5.74, 6) is 0.320. The van der Waals surface area contributed by atoms with Crippen LogP contribution in [-0.4, -0.2) is 15.5 Å². The van der Waals surface area contributed by atoms with Gasteiger partial charge >= 0.3 is 0 Å². The molecule has 130 valence electrons. The average molecular weight is 412 g/mol. The number of rotatable bonds is 6. The molecule has 24 heavy (non-hydrogen) atoms. The highest BCUT2D eigenvalue weighted by molar-refractivity contribution is 9.10. The summed E-state index contributed by atoms with van der Waals surface area (Å²) in [6, 6.07) is 10.7. The Kier molecular flexibility index (Phi) is 6.06. The SMILES string of the molecule is CCC(NS(=O)(=O)c1cc(Br)ccc1OC)c1ccc(C)c(C)c1. The van der Waals surface area contributed by atoms with E-state index in [4.69, 9.17) is 4.74 Å². The fraction of sp³-hybridized carbons (Fsp3) is 0.333. The second-order valence-electron chi connectivity index (χ2n) is 5.72. The molecular weight excluding hydrogens is 390 g/mol. The van der Waals surface area contributed by atoms with E-state index in [2.05, 4.69) is 20.7 Å². The first-order valence-electron chi connectivity index (χ1n) is 7.71. The van der Waals surface area contributed by atoms with Crippen molar-refractivity contribution in [2.45, 2.75) is 38.1 Å². The third-order valence-corrected chi connectivity index (χ3v) is 6.04. The molecule has 0 spiro atoms. The molecule has 0 fully saturated rings. The van der Waals surface area contributed by atoms with Crippen LogP contribution in [0.5, 0.6) is 5.75 Å². The van der Waals surface area contributed by atoms with Crippen LogP contribution in [0.4, 0.5) is 0 Å². The number of halogens is 1. The first-order chi connectivity index (χ1) is 11.3. The van der Waals surface area contributed by atoms with E-state index in [0.29, 0.717) is 16.6 Å². The highest BCUT2D eigenvalue weighted by atomic mass is 79.9. The molecule has 6 heteroatoms. The van der Waals surface area contributed by atoms with E-state index in [-0.39, 0.29) is 10.9 Å². The third-order valence-electron chi connectivity index (χ3n) is 4.05. The van der Waals surface area contributed by atoms with Crippen molar-refractivity contribution >= 4 is 26.0 Å². The van der Waals surface area contributed by atoms with Gasteiger partial charge in [-0.2, -0.15) is 0 Å². The molecule has 0 heterocycles. The summed E-state index contributed by atoms with van der Waals surface area (Å²) >= 11 is 3.32. The number of hydrogen-bond donors (Lipinski definition) is 1. The number of benzene rings is 2. The minimum absolute atomic E-state index is 0.127. The topological polar surface area (TPSA) is 55.4 Å².